The van der Waals surface area contributed by atoms with Crippen LogP contribution < -0.4 is 20.8 Å². The van der Waals surface area contributed by atoms with Crippen molar-refractivity contribution in [2.75, 3.05) is 66.5 Å². The molecule has 2 aliphatic rings. The zero-order valence-corrected chi connectivity index (χ0v) is 34.2. The number of carboxylic acid groups (broad SMARTS) is 2. The van der Waals surface area contributed by atoms with Crippen molar-refractivity contribution in [1.82, 2.24) is 20.4 Å². The summed E-state index contributed by atoms with van der Waals surface area (Å²) < 4.78 is 118. The second-order valence-electron chi connectivity index (χ2n) is 13.4. The van der Waals surface area contributed by atoms with E-state index < -0.39 is 21.8 Å². The van der Waals surface area contributed by atoms with Crippen LogP contribution in [0.5, 0.6) is 0 Å². The molecule has 0 bridgehead atoms. The molecule has 324 valence electrons. The van der Waals surface area contributed by atoms with Crippen molar-refractivity contribution in [2.45, 2.75) is 91.1 Å². The first kappa shape index (κ1) is 60.7. The van der Waals surface area contributed by atoms with Crippen LogP contribution in [0.25, 0.3) is 0 Å². The fraction of sp³-hybridized carbons (Fsp3) is 0.889. The van der Waals surface area contributed by atoms with Crippen LogP contribution in [0.3, 0.4) is 0 Å². The molecule has 0 aromatic heterocycles. The number of halogens is 12. The molecule has 0 atom stereocenters. The monoisotopic (exact) mass is 916 g/mol. The minimum atomic E-state index is -10.7. The normalized spacial score (nSPS) is 22.3. The largest absolute Gasteiger partial charge is 2.00 e. The smallest absolute Gasteiger partial charge is 0.652 e. The second kappa shape index (κ2) is 22.3. The Labute approximate surface area is 318 Å². The van der Waals surface area contributed by atoms with Crippen molar-refractivity contribution in [2.24, 2.45) is 9.98 Å². The number of hydrogen-bond acceptors (Lipinski definition) is 9. The van der Waals surface area contributed by atoms with Gasteiger partial charge in [-0.1, -0.05) is 0 Å². The van der Waals surface area contributed by atoms with Gasteiger partial charge in [-0.05, 0) is 127 Å². The summed E-state index contributed by atoms with van der Waals surface area (Å²) >= 11 is 0. The van der Waals surface area contributed by atoms with E-state index in [1.165, 1.54) is 63.3 Å². The van der Waals surface area contributed by atoms with Gasteiger partial charge in [0.25, 0.3) is 0 Å². The standard InChI is InChI=1S/2C13H27N3.CH2O3.2F6P.2Ni/c2*1-12-11-13(2,3)15-8-6-10-16(4)9-5-7-14-12;2-1(3)4;2*1-7(2,3,4,5)6;;/h2*15H,5-11H2,1-4H3;(H2,2,3,4);;;;/q;;;2*-1;2*+2/p-2. The molecule has 0 radical (unpaired) electrons. The summed E-state index contributed by atoms with van der Waals surface area (Å²) in [6, 6.07) is 0. The van der Waals surface area contributed by atoms with Gasteiger partial charge in [0.2, 0.25) is 0 Å². The molecule has 0 amide bonds. The van der Waals surface area contributed by atoms with Crippen LogP contribution >= 0.6 is 15.6 Å². The van der Waals surface area contributed by atoms with Gasteiger partial charge in [0.15, 0.2) is 0 Å². The van der Waals surface area contributed by atoms with Gasteiger partial charge in [-0.2, -0.15) is 0 Å². The van der Waals surface area contributed by atoms with Crippen LogP contribution in [0.15, 0.2) is 9.98 Å². The molecule has 2 rings (SSSR count). The summed E-state index contributed by atoms with van der Waals surface area (Å²) in [6.07, 6.45) is 4.61. The zero-order valence-electron chi connectivity index (χ0n) is 30.5. The van der Waals surface area contributed by atoms with Crippen molar-refractivity contribution in [1.29, 1.82) is 0 Å². The quantitative estimate of drug-likeness (QED) is 0.143. The molecule has 25 heteroatoms. The van der Waals surface area contributed by atoms with Gasteiger partial charge in [0.05, 0.1) is 0 Å². The van der Waals surface area contributed by atoms with Gasteiger partial charge >= 0.3 is 99.0 Å². The Morgan fingerprint density at radius 3 is 1.04 bits per heavy atom. The van der Waals surface area contributed by atoms with E-state index in [-0.39, 0.29) is 44.1 Å². The molecule has 0 unspecified atom stereocenters. The molecule has 0 aromatic carbocycles. The van der Waals surface area contributed by atoms with Crippen molar-refractivity contribution < 1.29 is 98.4 Å². The van der Waals surface area contributed by atoms with E-state index in [0.29, 0.717) is 0 Å². The maximum Gasteiger partial charge on any atom is 2.00 e. The maximum absolute atomic E-state index is 10.7. The molecule has 2 N–H and O–H groups in total. The average molecular weight is 918 g/mol. The van der Waals surface area contributed by atoms with Gasteiger partial charge in [0.1, 0.15) is 0 Å². The Hall–Kier alpha value is -0.543. The average Bonchev–Trinajstić information content (AvgIpc) is 2.79. The van der Waals surface area contributed by atoms with Crippen LogP contribution in [0.4, 0.5) is 55.2 Å². The molecule has 2 aliphatic heterocycles. The van der Waals surface area contributed by atoms with Crippen molar-refractivity contribution in [3.05, 3.63) is 0 Å². The van der Waals surface area contributed by atoms with E-state index in [9.17, 15) is 50.4 Å². The number of carbonyl (C=O) groups is 1. The van der Waals surface area contributed by atoms with Crippen LogP contribution in [-0.4, -0.2) is 105 Å². The SMILES string of the molecule is CC1=NCCCN(C)CCCNC(C)(C)C1.CC1=NCCCN(C)CCCNC(C)(C)C1.F[P-](F)(F)(F)(F)F.F[P-](F)(F)(F)(F)F.O=C([O-])[O-].[Ni+2].[Ni+2]. The minimum absolute atomic E-state index is 0. The van der Waals surface area contributed by atoms with Gasteiger partial charge in [-0.25, -0.2) is 0 Å². The summed E-state index contributed by atoms with van der Waals surface area (Å²) in [5, 5.41) is 23.9. The number of nitrogens with zero attached hydrogens (tertiary/aromatic N) is 4. The van der Waals surface area contributed by atoms with Gasteiger partial charge in [-0.3, -0.25) is 9.98 Å². The van der Waals surface area contributed by atoms with Crippen LogP contribution in [0, 0.1) is 0 Å². The van der Waals surface area contributed by atoms with E-state index in [1.54, 1.807) is 0 Å². The molecule has 0 fully saturated rings. The molecule has 0 saturated heterocycles. The number of aliphatic imine (C=N–C) groups is 2. The molecule has 0 aliphatic carbocycles. The first-order valence-corrected chi connectivity index (χ1v) is 19.6. The Kier molecular flexibility index (Phi) is 26.0. The summed E-state index contributed by atoms with van der Waals surface area (Å²) in [6.45, 7) is 22.2. The van der Waals surface area contributed by atoms with E-state index in [4.69, 9.17) is 15.0 Å². The van der Waals surface area contributed by atoms with E-state index in [0.717, 1.165) is 39.0 Å². The maximum atomic E-state index is 9.87. The van der Waals surface area contributed by atoms with Gasteiger partial charge in [-0.15, -0.1) is 0 Å². The Morgan fingerprint density at radius 2 is 0.808 bits per heavy atom. The number of hydrogen-bond donors (Lipinski definition) is 2. The third-order valence-electron chi connectivity index (χ3n) is 6.20. The number of rotatable bonds is 0. The fourth-order valence-corrected chi connectivity index (χ4v) is 4.51. The second-order valence-corrected chi connectivity index (χ2v) is 17.2. The molecule has 2 heterocycles. The summed E-state index contributed by atoms with van der Waals surface area (Å²) in [7, 11) is -16.9. The molecule has 52 heavy (non-hydrogen) atoms. The number of carbonyl (C=O) groups excluding carboxylic acids is 1. The molecule has 0 spiro atoms. The van der Waals surface area contributed by atoms with Crippen LogP contribution in [0.2, 0.25) is 0 Å². The predicted octanol–water partition coefficient (Wildman–Crippen LogP) is 8.18. The summed E-state index contributed by atoms with van der Waals surface area (Å²) in [5.41, 5.74) is 2.93. The molecular formula is C27H54F12N6Ni2O3P2. The molecule has 9 nitrogen and oxygen atoms in total. The fourth-order valence-electron chi connectivity index (χ4n) is 4.51. The predicted molar refractivity (Wildman–Crippen MR) is 175 cm³/mol. The minimum Gasteiger partial charge on any atom is -0.652 e. The van der Waals surface area contributed by atoms with Crippen molar-refractivity contribution in [3.63, 3.8) is 0 Å². The van der Waals surface area contributed by atoms with Gasteiger partial charge in [0, 0.05) is 48.4 Å². The molecular weight excluding hydrogens is 864 g/mol. The third-order valence-corrected chi connectivity index (χ3v) is 6.20. The Morgan fingerprint density at radius 1 is 0.596 bits per heavy atom. The summed E-state index contributed by atoms with van der Waals surface area (Å²) in [4.78, 5) is 22.4. The Bertz CT molecular complexity index is 981. The molecule has 0 saturated carbocycles. The van der Waals surface area contributed by atoms with Gasteiger partial charge < -0.3 is 35.4 Å². The van der Waals surface area contributed by atoms with Crippen LogP contribution in [0.1, 0.15) is 80.1 Å². The van der Waals surface area contributed by atoms with E-state index >= 15 is 0 Å². The zero-order chi connectivity index (χ0) is 40.4. The topological polar surface area (TPSA) is 118 Å². The summed E-state index contributed by atoms with van der Waals surface area (Å²) in [5.74, 6) is 0. The number of nitrogens with one attached hydrogen (secondary N) is 2. The van der Waals surface area contributed by atoms with Crippen molar-refractivity contribution in [3.8, 4) is 0 Å². The third kappa shape index (κ3) is 74.6. The Balaban J connectivity index is -0.000000191. The van der Waals surface area contributed by atoms with Crippen molar-refractivity contribution >= 4 is 33.2 Å². The first-order valence-electron chi connectivity index (χ1n) is 15.5. The van der Waals surface area contributed by atoms with Crippen LogP contribution in [-0.2, 0) is 33.0 Å². The van der Waals surface area contributed by atoms with E-state index in [2.05, 4.69) is 86.1 Å². The first-order chi connectivity index (χ1) is 21.6. The molecule has 0 aromatic rings. The van der Waals surface area contributed by atoms with E-state index in [1.807, 2.05) is 0 Å².